The summed E-state index contributed by atoms with van der Waals surface area (Å²) in [5.41, 5.74) is -0.816. The monoisotopic (exact) mass is 597 g/mol. The molecule has 0 N–H and O–H groups in total. The first-order valence-corrected chi connectivity index (χ1v) is 16.0. The SMILES string of the molecule is CCN1C[C@]2(COC)CC[C@@H](OC)[C@@]34[C@@H]5C[C@H]6[C@H](OC(=O)c7ccccc7)[C@@H]5[C@](OC(C)=O)(C[C@@H]6OC)[C@@H]([C@H](OC)[C@H]23)[C@@H]14. The molecular weight excluding hydrogens is 550 g/mol. The molecule has 5 aliphatic carbocycles. The Balaban J connectivity index is 1.46. The van der Waals surface area contributed by atoms with Crippen molar-refractivity contribution in [2.24, 2.45) is 40.4 Å². The average Bonchev–Trinajstić information content (AvgIpc) is 3.43. The molecule has 13 atom stereocenters. The second-order valence-corrected chi connectivity index (χ2v) is 14.1. The van der Waals surface area contributed by atoms with E-state index in [1.165, 1.54) is 6.92 Å². The van der Waals surface area contributed by atoms with Gasteiger partial charge in [0.15, 0.2) is 0 Å². The van der Waals surface area contributed by atoms with E-state index in [-0.39, 0.29) is 76.7 Å². The molecule has 0 radical (unpaired) electrons. The number of piperidine rings is 1. The number of nitrogens with zero attached hydrogens (tertiary/aromatic N) is 1. The molecule has 7 bridgehead atoms. The lowest BCUT2D eigenvalue weighted by Gasteiger charge is -2.69. The van der Waals surface area contributed by atoms with Gasteiger partial charge in [-0.05, 0) is 43.9 Å². The number of methoxy groups -OCH3 is 4. The van der Waals surface area contributed by atoms with Gasteiger partial charge >= 0.3 is 11.9 Å². The third-order valence-corrected chi connectivity index (χ3v) is 12.9. The van der Waals surface area contributed by atoms with Gasteiger partial charge in [0.2, 0.25) is 0 Å². The predicted octanol–water partition coefficient (Wildman–Crippen LogP) is 3.59. The van der Waals surface area contributed by atoms with Crippen LogP contribution in [0.15, 0.2) is 30.3 Å². The van der Waals surface area contributed by atoms with Crippen LogP contribution in [0.5, 0.6) is 0 Å². The van der Waals surface area contributed by atoms with Crippen molar-refractivity contribution in [1.82, 2.24) is 4.90 Å². The smallest absolute Gasteiger partial charge is 0.338 e. The molecule has 1 aromatic carbocycles. The van der Waals surface area contributed by atoms with Crippen molar-refractivity contribution >= 4 is 11.9 Å². The van der Waals surface area contributed by atoms with Gasteiger partial charge in [0.25, 0.3) is 0 Å². The zero-order chi connectivity index (χ0) is 30.3. The Morgan fingerprint density at radius 1 is 1.00 bits per heavy atom. The number of likely N-dealkylation sites (tertiary alicyclic amines) is 1. The maximum atomic E-state index is 13.7. The number of ether oxygens (including phenoxy) is 6. The lowest BCUT2D eigenvalue weighted by molar-refractivity contribution is -0.280. The molecule has 0 aromatic heterocycles. The predicted molar refractivity (Wildman–Crippen MR) is 156 cm³/mol. The Labute approximate surface area is 254 Å². The first-order valence-electron chi connectivity index (χ1n) is 16.0. The maximum absolute atomic E-state index is 13.7. The van der Waals surface area contributed by atoms with Crippen molar-refractivity contribution < 1.29 is 38.0 Å². The van der Waals surface area contributed by atoms with Gasteiger partial charge < -0.3 is 28.4 Å². The van der Waals surface area contributed by atoms with Gasteiger partial charge in [-0.25, -0.2) is 4.79 Å². The number of fused-ring (bicyclic) bond motifs is 2. The number of carbonyl (C=O) groups is 2. The molecule has 1 aliphatic heterocycles. The van der Waals surface area contributed by atoms with E-state index >= 15 is 0 Å². The highest BCUT2D eigenvalue weighted by Crippen LogP contribution is 2.80. The topological polar surface area (TPSA) is 92.8 Å². The Hall–Kier alpha value is -2.04. The van der Waals surface area contributed by atoms with Crippen LogP contribution in [0.3, 0.4) is 0 Å². The van der Waals surface area contributed by atoms with E-state index in [0.29, 0.717) is 18.6 Å². The van der Waals surface area contributed by atoms with Crippen LogP contribution in [0.25, 0.3) is 0 Å². The van der Waals surface area contributed by atoms with E-state index in [0.717, 1.165) is 32.4 Å². The fourth-order valence-corrected chi connectivity index (χ4v) is 12.3. The minimum atomic E-state index is -0.922. The summed E-state index contributed by atoms with van der Waals surface area (Å²) in [6.07, 6.45) is 2.42. The maximum Gasteiger partial charge on any atom is 0.338 e. The summed E-state index contributed by atoms with van der Waals surface area (Å²) in [6.45, 7) is 6.16. The van der Waals surface area contributed by atoms with Crippen LogP contribution >= 0.6 is 0 Å². The molecule has 6 aliphatic rings. The summed E-state index contributed by atoms with van der Waals surface area (Å²) >= 11 is 0. The van der Waals surface area contributed by atoms with E-state index < -0.39 is 11.7 Å². The van der Waals surface area contributed by atoms with E-state index in [4.69, 9.17) is 28.4 Å². The highest BCUT2D eigenvalue weighted by Gasteiger charge is 2.88. The molecule has 0 unspecified atom stereocenters. The van der Waals surface area contributed by atoms with Crippen molar-refractivity contribution in [3.05, 3.63) is 35.9 Å². The molecule has 5 saturated carbocycles. The molecule has 1 saturated heterocycles. The zero-order valence-corrected chi connectivity index (χ0v) is 26.3. The fraction of sp³-hybridized carbons (Fsp3) is 0.765. The Bertz CT molecular complexity index is 1240. The molecule has 0 amide bonds. The lowest BCUT2D eigenvalue weighted by Crippen LogP contribution is -2.77. The van der Waals surface area contributed by atoms with Crippen molar-refractivity contribution in [2.45, 2.75) is 75.6 Å². The summed E-state index contributed by atoms with van der Waals surface area (Å²) in [5.74, 6) is -0.797. The van der Waals surface area contributed by atoms with Gasteiger partial charge in [0, 0.05) is 88.9 Å². The Morgan fingerprint density at radius 2 is 1.77 bits per heavy atom. The van der Waals surface area contributed by atoms with Gasteiger partial charge in [-0.2, -0.15) is 0 Å². The minimum Gasteiger partial charge on any atom is -0.458 e. The number of rotatable bonds is 9. The molecule has 1 aromatic rings. The molecule has 1 spiro atoms. The molecule has 7 rings (SSSR count). The second-order valence-electron chi connectivity index (χ2n) is 14.1. The summed E-state index contributed by atoms with van der Waals surface area (Å²) in [6, 6.07) is 9.26. The van der Waals surface area contributed by atoms with Crippen LogP contribution in [0.1, 0.15) is 49.9 Å². The number of carbonyl (C=O) groups excluding carboxylic acids is 2. The van der Waals surface area contributed by atoms with Crippen molar-refractivity contribution in [1.29, 1.82) is 0 Å². The number of hydrogen-bond acceptors (Lipinski definition) is 9. The van der Waals surface area contributed by atoms with E-state index in [1.54, 1.807) is 26.4 Å². The Kier molecular flexibility index (Phi) is 7.25. The van der Waals surface area contributed by atoms with Gasteiger partial charge in [0.05, 0.1) is 30.5 Å². The van der Waals surface area contributed by atoms with Crippen LogP contribution in [-0.2, 0) is 33.2 Å². The van der Waals surface area contributed by atoms with Crippen molar-refractivity contribution in [3.63, 3.8) is 0 Å². The number of benzene rings is 1. The average molecular weight is 598 g/mol. The van der Waals surface area contributed by atoms with Crippen LogP contribution in [0.4, 0.5) is 0 Å². The van der Waals surface area contributed by atoms with Crippen molar-refractivity contribution in [3.8, 4) is 0 Å². The summed E-state index contributed by atoms with van der Waals surface area (Å²) in [4.78, 5) is 29.5. The van der Waals surface area contributed by atoms with Crippen molar-refractivity contribution in [2.75, 3.05) is 48.1 Å². The first-order chi connectivity index (χ1) is 20.8. The highest BCUT2D eigenvalue weighted by atomic mass is 16.6. The third kappa shape index (κ3) is 3.69. The largest absolute Gasteiger partial charge is 0.458 e. The quantitative estimate of drug-likeness (QED) is 0.396. The summed E-state index contributed by atoms with van der Waals surface area (Å²) < 4.78 is 38.7. The standard InChI is InChI=1S/C34H47NO8/c1-7-35-17-32(18-38-3)14-13-24(40-5)34-22-15-21-23(39-4)16-33(43-19(2)36,26(30(34)35)28(41-6)29(32)34)25(22)27(21)42-31(37)20-11-9-8-10-12-20/h8-12,21-30H,7,13-18H2,1-6H3/t21-,22-,23+,24-,25-,26+,27+,28+,29-,30-,32+,33-,34+/m1/s1. The van der Waals surface area contributed by atoms with Gasteiger partial charge in [-0.1, -0.05) is 25.1 Å². The normalized spacial score (nSPS) is 47.3. The highest BCUT2D eigenvalue weighted by molar-refractivity contribution is 5.89. The molecular formula is C34H47NO8. The van der Waals surface area contributed by atoms with Gasteiger partial charge in [-0.3, -0.25) is 9.69 Å². The van der Waals surface area contributed by atoms with Gasteiger partial charge in [0.1, 0.15) is 11.7 Å². The van der Waals surface area contributed by atoms with E-state index in [1.807, 2.05) is 32.4 Å². The zero-order valence-electron chi connectivity index (χ0n) is 26.3. The first kappa shape index (κ1) is 29.7. The molecule has 236 valence electrons. The Morgan fingerprint density at radius 3 is 2.40 bits per heavy atom. The van der Waals surface area contributed by atoms with Crippen LogP contribution in [0, 0.1) is 40.4 Å². The molecule has 1 heterocycles. The van der Waals surface area contributed by atoms with Crippen LogP contribution < -0.4 is 0 Å². The third-order valence-electron chi connectivity index (χ3n) is 12.9. The fourth-order valence-electron chi connectivity index (χ4n) is 12.3. The molecule has 9 heteroatoms. The number of esters is 2. The van der Waals surface area contributed by atoms with Crippen LogP contribution in [-0.4, -0.2) is 101 Å². The molecule has 6 fully saturated rings. The number of hydrogen-bond donors (Lipinski definition) is 0. The minimum absolute atomic E-state index is 0.00405. The molecule has 43 heavy (non-hydrogen) atoms. The van der Waals surface area contributed by atoms with E-state index in [9.17, 15) is 9.59 Å². The lowest BCUT2D eigenvalue weighted by atomic mass is 9.43. The van der Waals surface area contributed by atoms with Gasteiger partial charge in [-0.15, -0.1) is 0 Å². The van der Waals surface area contributed by atoms with E-state index in [2.05, 4.69) is 11.8 Å². The summed E-state index contributed by atoms with van der Waals surface area (Å²) in [7, 11) is 7.20. The van der Waals surface area contributed by atoms with Crippen LogP contribution in [0.2, 0.25) is 0 Å². The second kappa shape index (κ2) is 10.5. The molecule has 9 nitrogen and oxygen atoms in total. The summed E-state index contributed by atoms with van der Waals surface area (Å²) in [5, 5.41) is 0.